The van der Waals surface area contributed by atoms with Crippen molar-refractivity contribution < 1.29 is 9.90 Å². The Labute approximate surface area is 70.0 Å². The molecule has 0 radical (unpaired) electrons. The second kappa shape index (κ2) is 2.67. The van der Waals surface area contributed by atoms with E-state index in [4.69, 9.17) is 5.11 Å². The van der Waals surface area contributed by atoms with Gasteiger partial charge in [0, 0.05) is 19.6 Å². The number of carboxylic acids is 1. The first-order valence-electron chi connectivity index (χ1n) is 3.95. The highest BCUT2D eigenvalue weighted by Gasteiger charge is 2.26. The molecule has 2 aliphatic rings. The second-order valence-electron chi connectivity index (χ2n) is 2.90. The zero-order valence-electron chi connectivity index (χ0n) is 6.63. The molecule has 0 amide bonds. The fourth-order valence-corrected chi connectivity index (χ4v) is 1.59. The summed E-state index contributed by atoms with van der Waals surface area (Å²) in [6.45, 7) is 3.04. The SMILES string of the molecule is O=C(O)C1=C2CNCN2CCN1. The van der Waals surface area contributed by atoms with Crippen LogP contribution < -0.4 is 10.6 Å². The number of nitrogens with one attached hydrogen (secondary N) is 2. The van der Waals surface area contributed by atoms with Gasteiger partial charge in [0.05, 0.1) is 12.4 Å². The molecular formula is C7H11N3O2. The van der Waals surface area contributed by atoms with Crippen LogP contribution >= 0.6 is 0 Å². The molecule has 0 saturated carbocycles. The van der Waals surface area contributed by atoms with Crippen LogP contribution in [0.2, 0.25) is 0 Å². The van der Waals surface area contributed by atoms with Gasteiger partial charge in [-0.05, 0) is 0 Å². The van der Waals surface area contributed by atoms with Gasteiger partial charge in [-0.25, -0.2) is 4.79 Å². The fraction of sp³-hybridized carbons (Fsp3) is 0.571. The van der Waals surface area contributed by atoms with E-state index in [-0.39, 0.29) is 0 Å². The summed E-state index contributed by atoms with van der Waals surface area (Å²) in [5.74, 6) is -0.863. The largest absolute Gasteiger partial charge is 0.477 e. The Kier molecular flexibility index (Phi) is 1.65. The minimum absolute atomic E-state index is 0.353. The zero-order valence-corrected chi connectivity index (χ0v) is 6.63. The maximum atomic E-state index is 10.7. The van der Waals surface area contributed by atoms with Crippen LogP contribution in [0, 0.1) is 0 Å². The third kappa shape index (κ3) is 1.02. The molecule has 5 heteroatoms. The molecule has 66 valence electrons. The number of carboxylic acid groups (broad SMARTS) is 1. The minimum Gasteiger partial charge on any atom is -0.477 e. The van der Waals surface area contributed by atoms with Crippen molar-refractivity contribution in [3.05, 3.63) is 11.4 Å². The Hall–Kier alpha value is -1.23. The lowest BCUT2D eigenvalue weighted by atomic mass is 10.2. The summed E-state index contributed by atoms with van der Waals surface area (Å²) < 4.78 is 0. The number of rotatable bonds is 1. The maximum absolute atomic E-state index is 10.7. The second-order valence-corrected chi connectivity index (χ2v) is 2.90. The lowest BCUT2D eigenvalue weighted by Crippen LogP contribution is -2.39. The topological polar surface area (TPSA) is 64.6 Å². The molecule has 0 aromatic carbocycles. The summed E-state index contributed by atoms with van der Waals surface area (Å²) in [7, 11) is 0. The predicted octanol–water partition coefficient (Wildman–Crippen LogP) is -1.25. The van der Waals surface area contributed by atoms with E-state index >= 15 is 0 Å². The van der Waals surface area contributed by atoms with Gasteiger partial charge in [0.2, 0.25) is 0 Å². The van der Waals surface area contributed by atoms with E-state index in [9.17, 15) is 4.79 Å². The maximum Gasteiger partial charge on any atom is 0.353 e. The number of nitrogens with zero attached hydrogens (tertiary/aromatic N) is 1. The van der Waals surface area contributed by atoms with Crippen LogP contribution in [0.15, 0.2) is 11.4 Å². The molecule has 0 bridgehead atoms. The number of fused-ring (bicyclic) bond motifs is 1. The molecule has 0 aromatic rings. The molecule has 2 aliphatic heterocycles. The van der Waals surface area contributed by atoms with Crippen molar-refractivity contribution in [3.63, 3.8) is 0 Å². The first-order valence-corrected chi connectivity index (χ1v) is 3.95. The lowest BCUT2D eigenvalue weighted by Gasteiger charge is -2.26. The highest BCUT2D eigenvalue weighted by molar-refractivity contribution is 5.87. The molecule has 0 aromatic heterocycles. The average molecular weight is 169 g/mol. The number of hydrogen-bond donors (Lipinski definition) is 3. The summed E-state index contributed by atoms with van der Waals surface area (Å²) in [6.07, 6.45) is 0. The molecule has 0 spiro atoms. The van der Waals surface area contributed by atoms with Gasteiger partial charge in [-0.3, -0.25) is 5.32 Å². The van der Waals surface area contributed by atoms with Gasteiger partial charge in [-0.15, -0.1) is 0 Å². The highest BCUT2D eigenvalue weighted by atomic mass is 16.4. The van der Waals surface area contributed by atoms with Crippen LogP contribution in [0.4, 0.5) is 0 Å². The van der Waals surface area contributed by atoms with Gasteiger partial charge in [0.1, 0.15) is 5.70 Å². The van der Waals surface area contributed by atoms with Gasteiger partial charge in [0.25, 0.3) is 0 Å². The Bertz CT molecular complexity index is 249. The molecule has 2 heterocycles. The van der Waals surface area contributed by atoms with Crippen LogP contribution in [0.3, 0.4) is 0 Å². The fourth-order valence-electron chi connectivity index (χ4n) is 1.59. The Morgan fingerprint density at radius 1 is 1.58 bits per heavy atom. The van der Waals surface area contributed by atoms with Crippen LogP contribution in [0.1, 0.15) is 0 Å². The van der Waals surface area contributed by atoms with Crippen LogP contribution in [0.25, 0.3) is 0 Å². The van der Waals surface area contributed by atoms with Crippen LogP contribution in [-0.2, 0) is 4.79 Å². The summed E-state index contributed by atoms with van der Waals surface area (Å²) in [5, 5.41) is 14.8. The van der Waals surface area contributed by atoms with E-state index in [1.54, 1.807) is 0 Å². The summed E-state index contributed by atoms with van der Waals surface area (Å²) in [5.41, 5.74) is 1.24. The molecule has 1 fully saturated rings. The predicted molar refractivity (Wildman–Crippen MR) is 42.2 cm³/mol. The van der Waals surface area contributed by atoms with Gasteiger partial charge in [0.15, 0.2) is 0 Å². The molecule has 0 unspecified atom stereocenters. The molecular weight excluding hydrogens is 158 g/mol. The molecule has 0 atom stereocenters. The van der Waals surface area contributed by atoms with E-state index < -0.39 is 5.97 Å². The lowest BCUT2D eigenvalue weighted by molar-refractivity contribution is -0.133. The molecule has 5 nitrogen and oxygen atoms in total. The zero-order chi connectivity index (χ0) is 8.55. The van der Waals surface area contributed by atoms with Crippen molar-refractivity contribution in [2.45, 2.75) is 0 Å². The summed E-state index contributed by atoms with van der Waals surface area (Å²) in [6, 6.07) is 0. The van der Waals surface area contributed by atoms with Crippen LogP contribution in [-0.4, -0.2) is 42.3 Å². The van der Waals surface area contributed by atoms with Gasteiger partial charge in [-0.2, -0.15) is 0 Å². The Morgan fingerprint density at radius 3 is 3.17 bits per heavy atom. The van der Waals surface area contributed by atoms with Gasteiger partial charge < -0.3 is 15.3 Å². The Balaban J connectivity index is 2.32. The highest BCUT2D eigenvalue weighted by Crippen LogP contribution is 2.15. The Morgan fingerprint density at radius 2 is 2.42 bits per heavy atom. The van der Waals surface area contributed by atoms with Crippen molar-refractivity contribution in [2.75, 3.05) is 26.3 Å². The quantitative estimate of drug-likeness (QED) is 0.457. The first kappa shape index (κ1) is 7.42. The molecule has 1 saturated heterocycles. The van der Waals surface area contributed by atoms with Gasteiger partial charge >= 0.3 is 5.97 Å². The summed E-state index contributed by atoms with van der Waals surface area (Å²) in [4.78, 5) is 12.8. The average Bonchev–Trinajstić information content (AvgIpc) is 2.49. The number of hydrogen-bond acceptors (Lipinski definition) is 4. The van der Waals surface area contributed by atoms with E-state index in [2.05, 4.69) is 15.5 Å². The number of aliphatic carboxylic acids is 1. The number of carbonyl (C=O) groups is 1. The molecule has 0 aliphatic carbocycles. The van der Waals surface area contributed by atoms with Crippen molar-refractivity contribution in [1.82, 2.24) is 15.5 Å². The monoisotopic (exact) mass is 169 g/mol. The molecule has 2 rings (SSSR count). The molecule has 3 N–H and O–H groups in total. The summed E-state index contributed by atoms with van der Waals surface area (Å²) >= 11 is 0. The molecule has 12 heavy (non-hydrogen) atoms. The third-order valence-corrected chi connectivity index (χ3v) is 2.16. The standard InChI is InChI=1S/C7H11N3O2/c11-7(12)6-5-3-8-4-10(5)2-1-9-6/h8-9H,1-4H2,(H,11,12). The third-order valence-electron chi connectivity index (χ3n) is 2.16. The van der Waals surface area contributed by atoms with Crippen molar-refractivity contribution >= 4 is 5.97 Å². The van der Waals surface area contributed by atoms with Gasteiger partial charge in [-0.1, -0.05) is 0 Å². The van der Waals surface area contributed by atoms with Crippen molar-refractivity contribution in [1.29, 1.82) is 0 Å². The van der Waals surface area contributed by atoms with E-state index in [1.807, 2.05) is 0 Å². The van der Waals surface area contributed by atoms with Crippen LogP contribution in [0.5, 0.6) is 0 Å². The normalized spacial score (nSPS) is 22.2. The smallest absolute Gasteiger partial charge is 0.353 e. The van der Waals surface area contributed by atoms with E-state index in [0.29, 0.717) is 18.8 Å². The minimum atomic E-state index is -0.863. The van der Waals surface area contributed by atoms with Crippen molar-refractivity contribution in [2.24, 2.45) is 0 Å². The van der Waals surface area contributed by atoms with E-state index in [1.165, 1.54) is 0 Å². The van der Waals surface area contributed by atoms with Crippen molar-refractivity contribution in [3.8, 4) is 0 Å². The first-order chi connectivity index (χ1) is 5.79. The van der Waals surface area contributed by atoms with E-state index in [0.717, 1.165) is 18.9 Å².